The van der Waals surface area contributed by atoms with E-state index in [4.69, 9.17) is 4.74 Å². The van der Waals surface area contributed by atoms with Crippen LogP contribution in [0.15, 0.2) is 48.5 Å². The zero-order valence-corrected chi connectivity index (χ0v) is 24.2. The number of nitrogens with one attached hydrogen (secondary N) is 4. The van der Waals surface area contributed by atoms with Gasteiger partial charge in [-0.3, -0.25) is 14.4 Å². The molecule has 3 amide bonds. The van der Waals surface area contributed by atoms with Crippen molar-refractivity contribution in [1.29, 1.82) is 0 Å². The summed E-state index contributed by atoms with van der Waals surface area (Å²) in [6, 6.07) is 9.26. The first-order chi connectivity index (χ1) is 20.2. The Labute approximate surface area is 245 Å². The molecule has 1 aliphatic carbocycles. The average molecular weight is 583 g/mol. The zero-order chi connectivity index (χ0) is 30.1. The molecule has 8 nitrogen and oxygen atoms in total. The molecule has 0 saturated heterocycles. The molecule has 0 bridgehead atoms. The van der Waals surface area contributed by atoms with Gasteiger partial charge < -0.3 is 26.0 Å². The van der Waals surface area contributed by atoms with Gasteiger partial charge in [0, 0.05) is 25.1 Å². The molecule has 0 aromatic heterocycles. The molecule has 2 aromatic carbocycles. The third-order valence-electron chi connectivity index (χ3n) is 8.13. The van der Waals surface area contributed by atoms with Crippen LogP contribution in [0.1, 0.15) is 57.1 Å². The Morgan fingerprint density at radius 2 is 1.79 bits per heavy atom. The van der Waals surface area contributed by atoms with Crippen molar-refractivity contribution in [2.45, 2.75) is 70.0 Å². The Kier molecular flexibility index (Phi) is 10.7. The van der Waals surface area contributed by atoms with E-state index in [1.54, 1.807) is 6.08 Å². The maximum atomic E-state index is 14.0. The minimum atomic E-state index is -1.18. The van der Waals surface area contributed by atoms with E-state index in [9.17, 15) is 23.2 Å². The van der Waals surface area contributed by atoms with Crippen LogP contribution in [-0.4, -0.2) is 55.0 Å². The highest BCUT2D eigenvalue weighted by molar-refractivity contribution is 5.96. The Hall–Kier alpha value is -3.79. The lowest BCUT2D eigenvalue weighted by molar-refractivity contribution is -0.137. The summed E-state index contributed by atoms with van der Waals surface area (Å²) in [7, 11) is 0. The van der Waals surface area contributed by atoms with Gasteiger partial charge in [0.2, 0.25) is 17.7 Å². The molecule has 42 heavy (non-hydrogen) atoms. The van der Waals surface area contributed by atoms with E-state index in [1.165, 1.54) is 6.07 Å². The number of benzene rings is 2. The molecular weight excluding hydrogens is 542 g/mol. The van der Waals surface area contributed by atoms with Gasteiger partial charge in [-0.2, -0.15) is 0 Å². The summed E-state index contributed by atoms with van der Waals surface area (Å²) in [4.78, 5) is 40.8. The number of fused-ring (bicyclic) bond motifs is 1. The first-order valence-corrected chi connectivity index (χ1v) is 14.7. The monoisotopic (exact) mass is 582 g/mol. The molecule has 1 spiro atoms. The molecule has 1 fully saturated rings. The molecule has 4 N–H and O–H groups in total. The largest absolute Gasteiger partial charge is 0.492 e. The van der Waals surface area contributed by atoms with Gasteiger partial charge in [0.25, 0.3) is 0 Å². The van der Waals surface area contributed by atoms with E-state index in [0.717, 1.165) is 37.0 Å². The quantitative estimate of drug-likeness (QED) is 0.440. The fourth-order valence-corrected chi connectivity index (χ4v) is 5.49. The van der Waals surface area contributed by atoms with Crippen molar-refractivity contribution in [2.75, 3.05) is 19.7 Å². The van der Waals surface area contributed by atoms with Gasteiger partial charge in [-0.25, -0.2) is 8.78 Å². The predicted octanol–water partition coefficient (Wildman–Crippen LogP) is 3.65. The van der Waals surface area contributed by atoms with Crippen LogP contribution in [0, 0.1) is 17.6 Å². The van der Waals surface area contributed by atoms with Crippen molar-refractivity contribution < 1.29 is 27.9 Å². The number of hydrogen-bond acceptors (Lipinski definition) is 5. The molecule has 0 unspecified atom stereocenters. The maximum Gasteiger partial charge on any atom is 0.246 e. The summed E-state index contributed by atoms with van der Waals surface area (Å²) >= 11 is 0. The third kappa shape index (κ3) is 7.73. The van der Waals surface area contributed by atoms with E-state index < -0.39 is 41.1 Å². The first kappa shape index (κ1) is 31.2. The Morgan fingerprint density at radius 1 is 1.02 bits per heavy atom. The van der Waals surface area contributed by atoms with Gasteiger partial charge in [-0.1, -0.05) is 69.5 Å². The number of halogens is 2. The van der Waals surface area contributed by atoms with E-state index in [-0.39, 0.29) is 24.8 Å². The second-order valence-electron chi connectivity index (χ2n) is 11.1. The Balaban J connectivity index is 1.65. The van der Waals surface area contributed by atoms with Gasteiger partial charge in [0.1, 0.15) is 23.9 Å². The lowest BCUT2D eigenvalue weighted by Gasteiger charge is -2.34. The van der Waals surface area contributed by atoms with Crippen molar-refractivity contribution in [3.63, 3.8) is 0 Å². The van der Waals surface area contributed by atoms with Crippen LogP contribution in [0.3, 0.4) is 0 Å². The molecule has 1 heterocycles. The highest BCUT2D eigenvalue weighted by atomic mass is 19.2. The van der Waals surface area contributed by atoms with E-state index in [2.05, 4.69) is 21.3 Å². The lowest BCUT2D eigenvalue weighted by Crippen LogP contribution is -2.64. The van der Waals surface area contributed by atoms with Crippen LogP contribution in [-0.2, 0) is 20.8 Å². The fourth-order valence-electron chi connectivity index (χ4n) is 5.49. The molecule has 10 heteroatoms. The molecule has 4 rings (SSSR count). The summed E-state index contributed by atoms with van der Waals surface area (Å²) in [6.45, 7) is 4.90. The SMILES string of the molecule is CC[C@H](C)[C@@H]1NCCOc2ccccc2/C=C\CNC(=O)[C@H](Cc2ccc(F)c(F)c2)NC(=O)C2(CCCC2)NC1=O. The number of carbonyl (C=O) groups is 3. The van der Waals surface area contributed by atoms with Crippen LogP contribution in [0.25, 0.3) is 6.08 Å². The highest BCUT2D eigenvalue weighted by Crippen LogP contribution is 2.31. The third-order valence-corrected chi connectivity index (χ3v) is 8.13. The molecule has 1 aliphatic heterocycles. The first-order valence-electron chi connectivity index (χ1n) is 14.7. The number of carbonyl (C=O) groups excluding carboxylic acids is 3. The van der Waals surface area contributed by atoms with Gasteiger partial charge in [0.05, 0.1) is 6.04 Å². The van der Waals surface area contributed by atoms with Gasteiger partial charge in [-0.15, -0.1) is 0 Å². The highest BCUT2D eigenvalue weighted by Gasteiger charge is 2.45. The second-order valence-corrected chi connectivity index (χ2v) is 11.1. The Bertz CT molecular complexity index is 1300. The second kappa shape index (κ2) is 14.4. The molecule has 2 aromatic rings. The number of ether oxygens (including phenoxy) is 1. The van der Waals surface area contributed by atoms with Gasteiger partial charge in [0.15, 0.2) is 11.6 Å². The number of rotatable bonds is 4. The fraction of sp³-hybridized carbons (Fsp3) is 0.469. The number of amides is 3. The maximum absolute atomic E-state index is 14.0. The van der Waals surface area contributed by atoms with Crippen LogP contribution < -0.4 is 26.0 Å². The standard InChI is InChI=1S/C32H40F2N4O4/c1-3-21(2)28-30(40)38-32(14-6-7-15-32)31(41)37-26(20-22-12-13-24(33)25(34)19-22)29(39)36-16-8-10-23-9-4-5-11-27(23)42-18-17-35-28/h4-5,8-13,19,21,26,28,35H,3,6-7,14-18,20H2,1-2H3,(H,36,39)(H,37,41)(H,38,40)/b10-8-/t21-,26-,28-/m0/s1. The molecule has 3 atom stereocenters. The molecule has 2 aliphatic rings. The summed E-state index contributed by atoms with van der Waals surface area (Å²) in [5, 5.41) is 12.0. The van der Waals surface area contributed by atoms with E-state index in [1.807, 2.05) is 44.2 Å². The summed E-state index contributed by atoms with van der Waals surface area (Å²) < 4.78 is 33.6. The van der Waals surface area contributed by atoms with Crippen LogP contribution in [0.5, 0.6) is 5.75 Å². The molecule has 226 valence electrons. The average Bonchev–Trinajstić information content (AvgIpc) is 3.46. The molecular formula is C32H40F2N4O4. The summed E-state index contributed by atoms with van der Waals surface area (Å²) in [6.07, 6.45) is 6.64. The van der Waals surface area contributed by atoms with E-state index in [0.29, 0.717) is 37.3 Å². The number of para-hydroxylation sites is 1. The van der Waals surface area contributed by atoms with Crippen molar-refractivity contribution in [3.05, 3.63) is 71.3 Å². The topological polar surface area (TPSA) is 109 Å². The number of hydrogen-bond donors (Lipinski definition) is 4. The van der Waals surface area contributed by atoms with Crippen LogP contribution >= 0.6 is 0 Å². The van der Waals surface area contributed by atoms with Gasteiger partial charge in [-0.05, 0) is 42.5 Å². The predicted molar refractivity (Wildman–Crippen MR) is 157 cm³/mol. The van der Waals surface area contributed by atoms with Crippen molar-refractivity contribution >= 4 is 23.8 Å². The Morgan fingerprint density at radius 3 is 2.52 bits per heavy atom. The minimum Gasteiger partial charge on any atom is -0.492 e. The zero-order valence-electron chi connectivity index (χ0n) is 24.2. The van der Waals surface area contributed by atoms with Crippen LogP contribution in [0.4, 0.5) is 8.78 Å². The van der Waals surface area contributed by atoms with Crippen molar-refractivity contribution in [3.8, 4) is 5.75 Å². The van der Waals surface area contributed by atoms with Crippen LogP contribution in [0.2, 0.25) is 0 Å². The van der Waals surface area contributed by atoms with Gasteiger partial charge >= 0.3 is 0 Å². The normalized spacial score (nSPS) is 23.4. The van der Waals surface area contributed by atoms with E-state index >= 15 is 0 Å². The minimum absolute atomic E-state index is 0.0146. The summed E-state index contributed by atoms with van der Waals surface area (Å²) in [5.74, 6) is -2.61. The molecule has 1 saturated carbocycles. The van der Waals surface area contributed by atoms with Crippen molar-refractivity contribution in [2.24, 2.45) is 5.92 Å². The smallest absolute Gasteiger partial charge is 0.246 e. The van der Waals surface area contributed by atoms with Crippen molar-refractivity contribution in [1.82, 2.24) is 21.3 Å². The lowest BCUT2D eigenvalue weighted by atomic mass is 9.92. The summed E-state index contributed by atoms with van der Waals surface area (Å²) in [5.41, 5.74) is -0.0137. The molecule has 0 radical (unpaired) electrons.